The largest absolute Gasteiger partial charge is 0.201 e. The Hall–Kier alpha value is -2.66. The number of benzene rings is 2. The predicted octanol–water partition coefficient (Wildman–Crippen LogP) is 5.49. The Kier molecular flexibility index (Phi) is 4.49. The van der Waals surface area contributed by atoms with Crippen LogP contribution in [0.15, 0.2) is 10.2 Å². The normalized spacial score (nSPS) is 11.6. The van der Waals surface area contributed by atoms with Crippen LogP contribution in [0.2, 0.25) is 0 Å². The summed E-state index contributed by atoms with van der Waals surface area (Å²) in [5.74, 6) is -24.9. The first kappa shape index (κ1) is 17.7. The summed E-state index contributed by atoms with van der Waals surface area (Å²) in [5, 5.41) is 4.73. The van der Waals surface area contributed by atoms with Gasteiger partial charge in [0.15, 0.2) is 57.9 Å². The molecule has 0 saturated heterocycles. The molecule has 24 heavy (non-hydrogen) atoms. The van der Waals surface area contributed by atoms with Gasteiger partial charge in [0.25, 0.3) is 0 Å². The molecule has 2 rings (SSSR count). The molecule has 0 saturated carbocycles. The Morgan fingerprint density at radius 3 is 0.667 bits per heavy atom. The van der Waals surface area contributed by atoms with Crippen molar-refractivity contribution >= 4 is 11.4 Å². The van der Waals surface area contributed by atoms with Crippen LogP contribution < -0.4 is 0 Å². The zero-order valence-electron chi connectivity index (χ0n) is 10.7. The topological polar surface area (TPSA) is 24.7 Å². The molecule has 0 unspecified atom stereocenters. The van der Waals surface area contributed by atoms with E-state index in [1.165, 1.54) is 0 Å². The van der Waals surface area contributed by atoms with Gasteiger partial charge in [-0.25, -0.2) is 43.9 Å². The van der Waals surface area contributed by atoms with Crippen LogP contribution in [0.1, 0.15) is 0 Å². The highest BCUT2D eigenvalue weighted by molar-refractivity contribution is 5.45. The zero-order chi connectivity index (χ0) is 18.3. The van der Waals surface area contributed by atoms with Crippen LogP contribution in [0.4, 0.5) is 55.3 Å². The van der Waals surface area contributed by atoms with Crippen molar-refractivity contribution in [3.63, 3.8) is 0 Å². The Labute approximate surface area is 125 Å². The van der Waals surface area contributed by atoms with E-state index in [4.69, 9.17) is 0 Å². The average Bonchev–Trinajstić information content (AvgIpc) is 2.57. The molecule has 2 aromatic carbocycles. The average molecular weight is 362 g/mol. The number of hydrogen-bond acceptors (Lipinski definition) is 2. The molecule has 0 aromatic heterocycles. The van der Waals surface area contributed by atoms with Gasteiger partial charge in [-0.3, -0.25) is 0 Å². The van der Waals surface area contributed by atoms with Crippen molar-refractivity contribution in [2.75, 3.05) is 0 Å². The number of hydrogen-bond donors (Lipinski definition) is 0. The van der Waals surface area contributed by atoms with Gasteiger partial charge >= 0.3 is 0 Å². The predicted molar refractivity (Wildman–Crippen MR) is 56.6 cm³/mol. The van der Waals surface area contributed by atoms with Gasteiger partial charge in [-0.2, -0.15) is 0 Å². The SMILES string of the molecule is Fc1c(F)c(F)c(/N=N/c2c(F)c(F)c(F)c(F)c2F)c(F)c1F. The van der Waals surface area contributed by atoms with Crippen LogP contribution in [-0.2, 0) is 0 Å². The molecular weight excluding hydrogens is 362 g/mol. The molecule has 0 radical (unpaired) electrons. The summed E-state index contributed by atoms with van der Waals surface area (Å²) in [4.78, 5) is 0. The molecule has 0 spiro atoms. The first-order chi connectivity index (χ1) is 11.1. The van der Waals surface area contributed by atoms with Gasteiger partial charge in [0.2, 0.25) is 11.6 Å². The molecule has 0 aliphatic rings. The van der Waals surface area contributed by atoms with Crippen LogP contribution in [0.25, 0.3) is 0 Å². The Bertz CT molecular complexity index is 748. The highest BCUT2D eigenvalue weighted by Crippen LogP contribution is 2.34. The van der Waals surface area contributed by atoms with E-state index in [9.17, 15) is 43.9 Å². The standard InChI is InChI=1S/C12F10N2/c13-1-3(15)7(19)11(8(20)4(1)16)23-24-12-9(21)5(17)2(14)6(18)10(12)22/b24-23+. The number of azo groups is 1. The maximum atomic E-state index is 13.3. The number of nitrogens with zero attached hydrogens (tertiary/aromatic N) is 2. The first-order valence-corrected chi connectivity index (χ1v) is 5.54. The fourth-order valence-electron chi connectivity index (χ4n) is 1.46. The lowest BCUT2D eigenvalue weighted by molar-refractivity contribution is 0.378. The third kappa shape index (κ3) is 2.57. The van der Waals surface area contributed by atoms with Gasteiger partial charge in [-0.05, 0) is 0 Å². The lowest BCUT2D eigenvalue weighted by Gasteiger charge is -2.04. The van der Waals surface area contributed by atoms with E-state index < -0.39 is 69.5 Å². The molecule has 0 atom stereocenters. The third-order valence-corrected chi connectivity index (χ3v) is 2.62. The van der Waals surface area contributed by atoms with Crippen LogP contribution in [0.5, 0.6) is 0 Å². The molecule has 0 fully saturated rings. The van der Waals surface area contributed by atoms with Crippen molar-refractivity contribution in [1.82, 2.24) is 0 Å². The van der Waals surface area contributed by atoms with Crippen LogP contribution in [0.3, 0.4) is 0 Å². The summed E-state index contributed by atoms with van der Waals surface area (Å²) >= 11 is 0. The molecule has 128 valence electrons. The van der Waals surface area contributed by atoms with Crippen molar-refractivity contribution in [3.05, 3.63) is 58.2 Å². The van der Waals surface area contributed by atoms with E-state index in [2.05, 4.69) is 10.2 Å². The lowest BCUT2D eigenvalue weighted by Crippen LogP contribution is -2.01. The van der Waals surface area contributed by atoms with Crippen molar-refractivity contribution in [1.29, 1.82) is 0 Å². The van der Waals surface area contributed by atoms with E-state index in [-0.39, 0.29) is 0 Å². The van der Waals surface area contributed by atoms with Gasteiger partial charge in [0.05, 0.1) is 0 Å². The Balaban J connectivity index is 2.67. The minimum atomic E-state index is -2.54. The highest BCUT2D eigenvalue weighted by Gasteiger charge is 2.28. The van der Waals surface area contributed by atoms with Gasteiger partial charge in [0, 0.05) is 0 Å². The second-order valence-electron chi connectivity index (χ2n) is 4.04. The van der Waals surface area contributed by atoms with Crippen LogP contribution >= 0.6 is 0 Å². The van der Waals surface area contributed by atoms with Crippen LogP contribution in [-0.4, -0.2) is 0 Å². The monoisotopic (exact) mass is 362 g/mol. The quantitative estimate of drug-likeness (QED) is 0.292. The third-order valence-electron chi connectivity index (χ3n) is 2.62. The molecule has 12 heteroatoms. The van der Waals surface area contributed by atoms with E-state index in [0.29, 0.717) is 0 Å². The highest BCUT2D eigenvalue weighted by atomic mass is 19.2. The van der Waals surface area contributed by atoms with Crippen molar-refractivity contribution in [2.45, 2.75) is 0 Å². The Morgan fingerprint density at radius 2 is 0.458 bits per heavy atom. The summed E-state index contributed by atoms with van der Waals surface area (Å²) in [7, 11) is 0. The summed E-state index contributed by atoms with van der Waals surface area (Å²) in [6, 6.07) is 0. The molecule has 2 nitrogen and oxygen atoms in total. The summed E-state index contributed by atoms with van der Waals surface area (Å²) < 4.78 is 130. The summed E-state index contributed by atoms with van der Waals surface area (Å²) in [6.45, 7) is 0. The van der Waals surface area contributed by atoms with E-state index in [1.807, 2.05) is 0 Å². The lowest BCUT2D eigenvalue weighted by atomic mass is 10.2. The number of rotatable bonds is 2. The Morgan fingerprint density at radius 1 is 0.292 bits per heavy atom. The minimum Gasteiger partial charge on any atom is -0.201 e. The molecular formula is C12F10N2. The molecule has 0 N–H and O–H groups in total. The van der Waals surface area contributed by atoms with Crippen molar-refractivity contribution < 1.29 is 43.9 Å². The van der Waals surface area contributed by atoms with Gasteiger partial charge in [-0.1, -0.05) is 0 Å². The van der Waals surface area contributed by atoms with Crippen molar-refractivity contribution in [3.8, 4) is 0 Å². The fraction of sp³-hybridized carbons (Fsp3) is 0. The summed E-state index contributed by atoms with van der Waals surface area (Å²) in [5.41, 5.74) is -3.95. The molecule has 0 aliphatic heterocycles. The minimum absolute atomic E-state index is 1.98. The van der Waals surface area contributed by atoms with E-state index in [0.717, 1.165) is 0 Å². The van der Waals surface area contributed by atoms with Gasteiger partial charge in [-0.15, -0.1) is 10.2 Å². The van der Waals surface area contributed by atoms with Gasteiger partial charge < -0.3 is 0 Å². The van der Waals surface area contributed by atoms with E-state index >= 15 is 0 Å². The molecule has 2 aromatic rings. The van der Waals surface area contributed by atoms with Gasteiger partial charge in [0.1, 0.15) is 0 Å². The van der Waals surface area contributed by atoms with Crippen molar-refractivity contribution in [2.24, 2.45) is 10.2 Å². The molecule has 0 aliphatic carbocycles. The second kappa shape index (κ2) is 6.09. The van der Waals surface area contributed by atoms with E-state index in [1.54, 1.807) is 0 Å². The molecule has 0 amide bonds. The smallest absolute Gasteiger partial charge is 0.200 e. The second-order valence-corrected chi connectivity index (χ2v) is 4.04. The fourth-order valence-corrected chi connectivity index (χ4v) is 1.46. The summed E-state index contributed by atoms with van der Waals surface area (Å²) in [6.07, 6.45) is 0. The molecule has 0 heterocycles. The molecule has 0 bridgehead atoms. The maximum absolute atomic E-state index is 13.3. The number of halogens is 10. The zero-order valence-corrected chi connectivity index (χ0v) is 10.7. The maximum Gasteiger partial charge on any atom is 0.200 e. The van der Waals surface area contributed by atoms with Crippen LogP contribution in [0, 0.1) is 58.2 Å². The first-order valence-electron chi connectivity index (χ1n) is 5.54.